The Hall–Kier alpha value is -2.56. The van der Waals surface area contributed by atoms with Gasteiger partial charge < -0.3 is 14.3 Å². The molecule has 2 aromatic heterocycles. The van der Waals surface area contributed by atoms with Crippen molar-refractivity contribution in [1.82, 2.24) is 14.8 Å². The summed E-state index contributed by atoms with van der Waals surface area (Å²) in [4.78, 5) is 0. The second-order valence-corrected chi connectivity index (χ2v) is 4.77. The lowest BCUT2D eigenvalue weighted by molar-refractivity contribution is 0.562. The summed E-state index contributed by atoms with van der Waals surface area (Å²) in [6.45, 7) is 2.10. The number of nitrogens with zero attached hydrogens (tertiary/aromatic N) is 3. The van der Waals surface area contributed by atoms with Gasteiger partial charge in [0.1, 0.15) is 6.33 Å². The van der Waals surface area contributed by atoms with Crippen LogP contribution in [0.2, 0.25) is 0 Å². The van der Waals surface area contributed by atoms with Gasteiger partial charge in [0.25, 0.3) is 0 Å². The maximum absolute atomic E-state index is 5.11. The third kappa shape index (κ3) is 2.42. The van der Waals surface area contributed by atoms with Gasteiger partial charge in [-0.25, -0.2) is 0 Å². The molecule has 0 fully saturated rings. The molecule has 1 atom stereocenters. The largest absolute Gasteiger partial charge is 0.472 e. The third-order valence-corrected chi connectivity index (χ3v) is 3.26. The Kier molecular flexibility index (Phi) is 3.25. The van der Waals surface area contributed by atoms with Crippen LogP contribution in [0.4, 0.5) is 5.69 Å². The van der Waals surface area contributed by atoms with Crippen molar-refractivity contribution in [2.75, 3.05) is 5.32 Å². The predicted molar refractivity (Wildman–Crippen MR) is 77.2 cm³/mol. The number of hydrogen-bond donors (Lipinski definition) is 1. The first kappa shape index (κ1) is 12.5. The molecular weight excluding hydrogens is 252 g/mol. The monoisotopic (exact) mass is 268 g/mol. The van der Waals surface area contributed by atoms with Gasteiger partial charge in [0.2, 0.25) is 0 Å². The molecule has 0 radical (unpaired) electrons. The smallest absolute Gasteiger partial charge is 0.163 e. The van der Waals surface area contributed by atoms with E-state index in [0.717, 1.165) is 22.6 Å². The SMILES string of the molecule is CC(Nc1cccc(-c2nncn2C)c1)c1ccoc1. The second kappa shape index (κ2) is 5.21. The summed E-state index contributed by atoms with van der Waals surface area (Å²) >= 11 is 0. The normalized spacial score (nSPS) is 12.3. The lowest BCUT2D eigenvalue weighted by Crippen LogP contribution is -2.05. The molecule has 0 saturated heterocycles. The third-order valence-electron chi connectivity index (χ3n) is 3.26. The topological polar surface area (TPSA) is 55.9 Å². The van der Waals surface area contributed by atoms with E-state index in [1.54, 1.807) is 18.9 Å². The van der Waals surface area contributed by atoms with Gasteiger partial charge in [-0.1, -0.05) is 12.1 Å². The van der Waals surface area contributed by atoms with E-state index in [2.05, 4.69) is 28.5 Å². The summed E-state index contributed by atoms with van der Waals surface area (Å²) in [5.41, 5.74) is 3.20. The number of nitrogens with one attached hydrogen (secondary N) is 1. The molecule has 5 nitrogen and oxygen atoms in total. The maximum atomic E-state index is 5.11. The lowest BCUT2D eigenvalue weighted by atomic mass is 10.1. The summed E-state index contributed by atoms with van der Waals surface area (Å²) in [6, 6.07) is 10.3. The van der Waals surface area contributed by atoms with Gasteiger partial charge in [-0.2, -0.15) is 0 Å². The van der Waals surface area contributed by atoms with Crippen LogP contribution in [0.25, 0.3) is 11.4 Å². The summed E-state index contributed by atoms with van der Waals surface area (Å²) in [5.74, 6) is 0.851. The van der Waals surface area contributed by atoms with Crippen LogP contribution >= 0.6 is 0 Å². The predicted octanol–water partition coefficient (Wildman–Crippen LogP) is 3.25. The van der Waals surface area contributed by atoms with Crippen molar-refractivity contribution in [3.8, 4) is 11.4 Å². The van der Waals surface area contributed by atoms with Crippen molar-refractivity contribution in [3.63, 3.8) is 0 Å². The van der Waals surface area contributed by atoms with Crippen molar-refractivity contribution in [1.29, 1.82) is 0 Å². The van der Waals surface area contributed by atoms with E-state index in [1.807, 2.05) is 35.9 Å². The number of hydrogen-bond acceptors (Lipinski definition) is 4. The van der Waals surface area contributed by atoms with E-state index in [-0.39, 0.29) is 6.04 Å². The van der Waals surface area contributed by atoms with Crippen LogP contribution in [0.1, 0.15) is 18.5 Å². The van der Waals surface area contributed by atoms with Crippen LogP contribution in [0.5, 0.6) is 0 Å². The van der Waals surface area contributed by atoms with Crippen LogP contribution in [0, 0.1) is 0 Å². The Morgan fingerprint density at radius 1 is 1.30 bits per heavy atom. The first-order chi connectivity index (χ1) is 9.74. The van der Waals surface area contributed by atoms with Gasteiger partial charge in [-0.3, -0.25) is 0 Å². The fourth-order valence-electron chi connectivity index (χ4n) is 2.15. The zero-order valence-corrected chi connectivity index (χ0v) is 11.4. The van der Waals surface area contributed by atoms with Crippen LogP contribution in [-0.2, 0) is 7.05 Å². The fourth-order valence-corrected chi connectivity index (χ4v) is 2.15. The van der Waals surface area contributed by atoms with Gasteiger partial charge in [0.05, 0.1) is 18.6 Å². The van der Waals surface area contributed by atoms with E-state index in [0.29, 0.717) is 0 Å². The molecule has 102 valence electrons. The van der Waals surface area contributed by atoms with Crippen LogP contribution in [0.15, 0.2) is 53.6 Å². The zero-order valence-electron chi connectivity index (χ0n) is 11.4. The molecule has 1 aromatic carbocycles. The number of rotatable bonds is 4. The number of benzene rings is 1. The molecule has 2 heterocycles. The van der Waals surface area contributed by atoms with Crippen LogP contribution in [-0.4, -0.2) is 14.8 Å². The summed E-state index contributed by atoms with van der Waals surface area (Å²) in [6.07, 6.45) is 5.14. The molecular formula is C15H16N4O. The average Bonchev–Trinajstić information content (AvgIpc) is 3.10. The minimum atomic E-state index is 0.184. The molecule has 0 aliphatic rings. The Balaban J connectivity index is 1.83. The quantitative estimate of drug-likeness (QED) is 0.789. The van der Waals surface area contributed by atoms with Gasteiger partial charge >= 0.3 is 0 Å². The molecule has 0 saturated carbocycles. The highest BCUT2D eigenvalue weighted by Crippen LogP contribution is 2.24. The molecule has 20 heavy (non-hydrogen) atoms. The highest BCUT2D eigenvalue weighted by atomic mass is 16.3. The Morgan fingerprint density at radius 3 is 2.90 bits per heavy atom. The maximum Gasteiger partial charge on any atom is 0.163 e. The van der Waals surface area contributed by atoms with E-state index < -0.39 is 0 Å². The number of anilines is 1. The van der Waals surface area contributed by atoms with E-state index in [4.69, 9.17) is 4.42 Å². The summed E-state index contributed by atoms with van der Waals surface area (Å²) in [5, 5.41) is 11.5. The molecule has 5 heteroatoms. The van der Waals surface area contributed by atoms with Crippen molar-refractivity contribution < 1.29 is 4.42 Å². The van der Waals surface area contributed by atoms with Gasteiger partial charge in [0.15, 0.2) is 5.82 Å². The minimum Gasteiger partial charge on any atom is -0.472 e. The first-order valence-electron chi connectivity index (χ1n) is 6.47. The fraction of sp³-hybridized carbons (Fsp3) is 0.200. The molecule has 0 aliphatic carbocycles. The van der Waals surface area contributed by atoms with Crippen LogP contribution < -0.4 is 5.32 Å². The standard InChI is InChI=1S/C15H16N4O/c1-11(13-6-7-20-9-13)17-14-5-3-4-12(8-14)15-18-16-10-19(15)2/h3-11,17H,1-2H3. The number of aryl methyl sites for hydroxylation is 1. The highest BCUT2D eigenvalue weighted by molar-refractivity contribution is 5.62. The molecule has 3 rings (SSSR count). The summed E-state index contributed by atoms with van der Waals surface area (Å²) < 4.78 is 7.01. The number of aromatic nitrogens is 3. The minimum absolute atomic E-state index is 0.184. The van der Waals surface area contributed by atoms with Crippen molar-refractivity contribution in [2.45, 2.75) is 13.0 Å². The Labute approximate surface area is 117 Å². The zero-order chi connectivity index (χ0) is 13.9. The second-order valence-electron chi connectivity index (χ2n) is 4.77. The molecule has 3 aromatic rings. The van der Waals surface area contributed by atoms with Crippen molar-refractivity contribution in [3.05, 3.63) is 54.7 Å². The average molecular weight is 268 g/mol. The Bertz CT molecular complexity index is 687. The van der Waals surface area contributed by atoms with E-state index in [9.17, 15) is 0 Å². The number of furan rings is 1. The van der Waals surface area contributed by atoms with Gasteiger partial charge in [-0.05, 0) is 25.1 Å². The van der Waals surface area contributed by atoms with Crippen LogP contribution in [0.3, 0.4) is 0 Å². The molecule has 1 N–H and O–H groups in total. The molecule has 1 unspecified atom stereocenters. The highest BCUT2D eigenvalue weighted by Gasteiger charge is 2.09. The van der Waals surface area contributed by atoms with Gasteiger partial charge in [-0.15, -0.1) is 10.2 Å². The van der Waals surface area contributed by atoms with Gasteiger partial charge in [0, 0.05) is 23.9 Å². The molecule has 0 aliphatic heterocycles. The molecule has 0 amide bonds. The first-order valence-corrected chi connectivity index (χ1v) is 6.47. The lowest BCUT2D eigenvalue weighted by Gasteiger charge is -2.14. The van der Waals surface area contributed by atoms with E-state index in [1.165, 1.54) is 0 Å². The van der Waals surface area contributed by atoms with Crippen molar-refractivity contribution in [2.24, 2.45) is 7.05 Å². The molecule has 0 bridgehead atoms. The van der Waals surface area contributed by atoms with E-state index >= 15 is 0 Å². The summed E-state index contributed by atoms with van der Waals surface area (Å²) in [7, 11) is 1.93. The van der Waals surface area contributed by atoms with Crippen molar-refractivity contribution >= 4 is 5.69 Å². The Morgan fingerprint density at radius 2 is 2.20 bits per heavy atom. The molecule has 0 spiro atoms.